The van der Waals surface area contributed by atoms with Gasteiger partial charge in [0.15, 0.2) is 6.10 Å². The van der Waals surface area contributed by atoms with Crippen molar-refractivity contribution < 1.29 is 14.6 Å². The zero-order valence-corrected chi connectivity index (χ0v) is 11.1. The van der Waals surface area contributed by atoms with Crippen LogP contribution < -0.4 is 10.1 Å². The number of carbonyl (C=O) groups is 1. The molecule has 2 N–H and O–H groups in total. The van der Waals surface area contributed by atoms with E-state index in [0.717, 1.165) is 6.42 Å². The van der Waals surface area contributed by atoms with Crippen molar-refractivity contribution in [3.8, 4) is 5.75 Å². The largest absolute Gasteiger partial charge is 0.481 e. The number of rotatable bonds is 6. The minimum absolute atomic E-state index is 0.141. The van der Waals surface area contributed by atoms with Gasteiger partial charge in [0, 0.05) is 12.1 Å². The summed E-state index contributed by atoms with van der Waals surface area (Å²) < 4.78 is 5.59. The van der Waals surface area contributed by atoms with Gasteiger partial charge in [-0.25, -0.2) is 0 Å². The third-order valence-corrected chi connectivity index (χ3v) is 2.59. The third kappa shape index (κ3) is 4.04. The summed E-state index contributed by atoms with van der Waals surface area (Å²) in [5.41, 5.74) is 0.688. The van der Waals surface area contributed by atoms with E-state index in [1.54, 1.807) is 26.0 Å². The lowest BCUT2D eigenvalue weighted by Crippen LogP contribution is -2.36. The van der Waals surface area contributed by atoms with Gasteiger partial charge in [0.05, 0.1) is 6.10 Å². The highest BCUT2D eigenvalue weighted by Gasteiger charge is 2.16. The summed E-state index contributed by atoms with van der Waals surface area (Å²) in [5.74, 6) is 0.406. The van der Waals surface area contributed by atoms with E-state index in [0.29, 0.717) is 17.9 Å². The molecule has 1 unspecified atom stereocenters. The first kappa shape index (κ1) is 14.5. The normalized spacial score (nSPS) is 13.8. The molecule has 0 aliphatic carbocycles. The van der Waals surface area contributed by atoms with Crippen molar-refractivity contribution in [3.63, 3.8) is 0 Å². The standard InChI is InChI=1S/C14H21NO3/c1-4-9-15-14(17)11(3)18-13-8-6-5-7-12(13)10(2)16/h5-8,10-11,16H,4,9H2,1-3H3,(H,15,17)/t10-,11?/m0/s1. The maximum Gasteiger partial charge on any atom is 0.260 e. The van der Waals surface area contributed by atoms with E-state index in [1.165, 1.54) is 0 Å². The number of aliphatic hydroxyl groups is 1. The zero-order chi connectivity index (χ0) is 13.5. The lowest BCUT2D eigenvalue weighted by Gasteiger charge is -2.18. The average Bonchev–Trinajstić information content (AvgIpc) is 2.36. The molecule has 0 aliphatic heterocycles. The highest BCUT2D eigenvalue weighted by atomic mass is 16.5. The molecule has 1 aromatic carbocycles. The summed E-state index contributed by atoms with van der Waals surface area (Å²) in [6.45, 7) is 6.01. The van der Waals surface area contributed by atoms with E-state index in [2.05, 4.69) is 5.32 Å². The molecule has 0 fully saturated rings. The maximum atomic E-state index is 11.7. The fourth-order valence-electron chi connectivity index (χ4n) is 1.57. The molecule has 1 aromatic rings. The quantitative estimate of drug-likeness (QED) is 0.813. The van der Waals surface area contributed by atoms with Gasteiger partial charge in [-0.2, -0.15) is 0 Å². The number of hydrogen-bond donors (Lipinski definition) is 2. The minimum atomic E-state index is -0.618. The molecule has 4 nitrogen and oxygen atoms in total. The van der Waals surface area contributed by atoms with Gasteiger partial charge in [0.25, 0.3) is 5.91 Å². The molecule has 0 heterocycles. The molecule has 0 saturated heterocycles. The number of carbonyl (C=O) groups excluding carboxylic acids is 1. The SMILES string of the molecule is CCCNC(=O)C(C)Oc1ccccc1[C@H](C)O. The van der Waals surface area contributed by atoms with E-state index < -0.39 is 12.2 Å². The first-order valence-corrected chi connectivity index (χ1v) is 6.27. The molecule has 0 aliphatic rings. The van der Waals surface area contributed by atoms with E-state index in [-0.39, 0.29) is 5.91 Å². The van der Waals surface area contributed by atoms with E-state index >= 15 is 0 Å². The van der Waals surface area contributed by atoms with Crippen molar-refractivity contribution in [2.24, 2.45) is 0 Å². The monoisotopic (exact) mass is 251 g/mol. The molecule has 18 heavy (non-hydrogen) atoms. The van der Waals surface area contributed by atoms with Crippen molar-refractivity contribution in [1.82, 2.24) is 5.32 Å². The van der Waals surface area contributed by atoms with Crippen molar-refractivity contribution in [1.29, 1.82) is 0 Å². The van der Waals surface area contributed by atoms with Crippen molar-refractivity contribution in [3.05, 3.63) is 29.8 Å². The van der Waals surface area contributed by atoms with Crippen LogP contribution in [-0.2, 0) is 4.79 Å². The van der Waals surface area contributed by atoms with E-state index in [4.69, 9.17) is 4.74 Å². The van der Waals surface area contributed by atoms with Crippen LogP contribution in [0, 0.1) is 0 Å². The Morgan fingerprint density at radius 3 is 2.67 bits per heavy atom. The Hall–Kier alpha value is -1.55. The number of ether oxygens (including phenoxy) is 1. The summed E-state index contributed by atoms with van der Waals surface area (Å²) in [4.78, 5) is 11.7. The van der Waals surface area contributed by atoms with Crippen LogP contribution in [-0.4, -0.2) is 23.7 Å². The van der Waals surface area contributed by atoms with E-state index in [9.17, 15) is 9.90 Å². The highest BCUT2D eigenvalue weighted by molar-refractivity contribution is 5.80. The maximum absolute atomic E-state index is 11.7. The highest BCUT2D eigenvalue weighted by Crippen LogP contribution is 2.25. The predicted octanol–water partition coefficient (Wildman–Crippen LogP) is 2.03. The number of nitrogens with one attached hydrogen (secondary N) is 1. The fraction of sp³-hybridized carbons (Fsp3) is 0.500. The summed E-state index contributed by atoms with van der Waals surface area (Å²) in [6.07, 6.45) is -0.300. The van der Waals surface area contributed by atoms with Gasteiger partial charge < -0.3 is 15.2 Å². The number of aliphatic hydroxyl groups excluding tert-OH is 1. The van der Waals surface area contributed by atoms with Gasteiger partial charge in [-0.05, 0) is 26.3 Å². The summed E-state index contributed by atoms with van der Waals surface area (Å²) >= 11 is 0. The predicted molar refractivity (Wildman–Crippen MR) is 70.5 cm³/mol. The number of para-hydroxylation sites is 1. The van der Waals surface area contributed by atoms with Crippen molar-refractivity contribution in [2.45, 2.75) is 39.4 Å². The summed E-state index contributed by atoms with van der Waals surface area (Å²) in [6, 6.07) is 7.19. The third-order valence-electron chi connectivity index (χ3n) is 2.59. The van der Waals surface area contributed by atoms with Crippen LogP contribution >= 0.6 is 0 Å². The van der Waals surface area contributed by atoms with Gasteiger partial charge in [-0.1, -0.05) is 25.1 Å². The second kappa shape index (κ2) is 7.01. The van der Waals surface area contributed by atoms with Crippen LogP contribution in [0.3, 0.4) is 0 Å². The van der Waals surface area contributed by atoms with Gasteiger partial charge >= 0.3 is 0 Å². The number of hydrogen-bond acceptors (Lipinski definition) is 3. The molecule has 1 amide bonds. The second-order valence-electron chi connectivity index (χ2n) is 4.26. The second-order valence-corrected chi connectivity index (χ2v) is 4.26. The first-order chi connectivity index (χ1) is 8.56. The average molecular weight is 251 g/mol. The molecule has 0 spiro atoms. The molecule has 0 bridgehead atoms. The molecule has 1 rings (SSSR count). The molecular weight excluding hydrogens is 230 g/mol. The first-order valence-electron chi connectivity index (χ1n) is 6.27. The van der Waals surface area contributed by atoms with Crippen LogP contribution in [0.4, 0.5) is 0 Å². The Morgan fingerprint density at radius 1 is 1.39 bits per heavy atom. The smallest absolute Gasteiger partial charge is 0.260 e. The van der Waals surface area contributed by atoms with Crippen LogP contribution in [0.15, 0.2) is 24.3 Å². The Bertz CT molecular complexity index is 390. The van der Waals surface area contributed by atoms with Gasteiger partial charge in [0.1, 0.15) is 5.75 Å². The van der Waals surface area contributed by atoms with Crippen molar-refractivity contribution >= 4 is 5.91 Å². The number of amides is 1. The van der Waals surface area contributed by atoms with E-state index in [1.807, 2.05) is 19.1 Å². The molecular formula is C14H21NO3. The Kier molecular flexibility index (Phi) is 5.65. The van der Waals surface area contributed by atoms with Crippen LogP contribution in [0.25, 0.3) is 0 Å². The van der Waals surface area contributed by atoms with Crippen LogP contribution in [0.5, 0.6) is 5.75 Å². The topological polar surface area (TPSA) is 58.6 Å². The Labute approximate surface area is 108 Å². The van der Waals surface area contributed by atoms with Gasteiger partial charge in [-0.3, -0.25) is 4.79 Å². The Morgan fingerprint density at radius 2 is 2.06 bits per heavy atom. The van der Waals surface area contributed by atoms with Crippen LogP contribution in [0.1, 0.15) is 38.9 Å². The molecule has 0 aromatic heterocycles. The molecule has 100 valence electrons. The van der Waals surface area contributed by atoms with Crippen LogP contribution in [0.2, 0.25) is 0 Å². The molecule has 4 heteroatoms. The van der Waals surface area contributed by atoms with Gasteiger partial charge in [-0.15, -0.1) is 0 Å². The minimum Gasteiger partial charge on any atom is -0.481 e. The molecule has 2 atom stereocenters. The lowest BCUT2D eigenvalue weighted by molar-refractivity contribution is -0.127. The summed E-state index contributed by atoms with van der Waals surface area (Å²) in [7, 11) is 0. The fourth-order valence-corrected chi connectivity index (χ4v) is 1.57. The van der Waals surface area contributed by atoms with Gasteiger partial charge in [0.2, 0.25) is 0 Å². The number of benzene rings is 1. The van der Waals surface area contributed by atoms with Crippen molar-refractivity contribution in [2.75, 3.05) is 6.54 Å². The summed E-state index contributed by atoms with van der Waals surface area (Å²) in [5, 5.41) is 12.4. The molecule has 0 saturated carbocycles. The molecule has 0 radical (unpaired) electrons. The zero-order valence-electron chi connectivity index (χ0n) is 11.1. The lowest BCUT2D eigenvalue weighted by atomic mass is 10.1. The Balaban J connectivity index is 2.69.